The molecule has 0 amide bonds. The van der Waals surface area contributed by atoms with Crippen molar-refractivity contribution >= 4 is 15.9 Å². The Balaban J connectivity index is 2.02. The van der Waals surface area contributed by atoms with E-state index in [1.807, 2.05) is 16.9 Å². The quantitative estimate of drug-likeness (QED) is 0.760. The molecule has 0 atom stereocenters. The number of benzene rings is 1. The maximum Gasteiger partial charge on any atom is 0.136 e. The van der Waals surface area contributed by atoms with Crippen LogP contribution in [-0.2, 0) is 6.61 Å². The van der Waals surface area contributed by atoms with Crippen molar-refractivity contribution in [1.29, 1.82) is 0 Å². The summed E-state index contributed by atoms with van der Waals surface area (Å²) in [4.78, 5) is 0. The number of rotatable bonds is 6. The molecule has 0 bridgehead atoms. The Labute approximate surface area is 126 Å². The molecule has 0 N–H and O–H groups in total. The lowest BCUT2D eigenvalue weighted by Crippen LogP contribution is -2.08. The van der Waals surface area contributed by atoms with Gasteiger partial charge in [-0.3, -0.25) is 4.68 Å². The highest BCUT2D eigenvalue weighted by Crippen LogP contribution is 2.26. The third kappa shape index (κ3) is 3.60. The molecule has 2 aromatic rings. The van der Waals surface area contributed by atoms with E-state index in [-0.39, 0.29) is 5.82 Å². The molecule has 5 heteroatoms. The standard InChI is InChI=1S/C15H18BrFN2O/c1-3-13(4-2)19-8-7-12(18-19)10-20-15-9-11(17)5-6-14(15)16/h5-9,13H,3-4,10H2,1-2H3. The maximum absolute atomic E-state index is 13.2. The molecule has 1 aromatic carbocycles. The van der Waals surface area contributed by atoms with Crippen molar-refractivity contribution in [1.82, 2.24) is 9.78 Å². The number of ether oxygens (including phenoxy) is 1. The predicted molar refractivity (Wildman–Crippen MR) is 80.3 cm³/mol. The third-order valence-corrected chi connectivity index (χ3v) is 3.90. The first-order valence-electron chi connectivity index (χ1n) is 6.76. The van der Waals surface area contributed by atoms with Crippen molar-refractivity contribution < 1.29 is 9.13 Å². The molecule has 108 valence electrons. The van der Waals surface area contributed by atoms with Crippen molar-refractivity contribution in [2.75, 3.05) is 0 Å². The van der Waals surface area contributed by atoms with Crippen LogP contribution in [0.1, 0.15) is 38.4 Å². The van der Waals surface area contributed by atoms with E-state index in [4.69, 9.17) is 4.74 Å². The molecule has 0 unspecified atom stereocenters. The molecule has 0 aliphatic carbocycles. The molecule has 0 saturated heterocycles. The summed E-state index contributed by atoms with van der Waals surface area (Å²) in [7, 11) is 0. The molecule has 0 saturated carbocycles. The molecule has 3 nitrogen and oxygen atoms in total. The van der Waals surface area contributed by atoms with Crippen LogP contribution in [0.2, 0.25) is 0 Å². The van der Waals surface area contributed by atoms with Gasteiger partial charge in [0.15, 0.2) is 0 Å². The Morgan fingerprint density at radius 2 is 2.05 bits per heavy atom. The molecule has 0 fully saturated rings. The summed E-state index contributed by atoms with van der Waals surface area (Å²) in [5.41, 5.74) is 0.841. The topological polar surface area (TPSA) is 27.1 Å². The summed E-state index contributed by atoms with van der Waals surface area (Å²) in [6.45, 7) is 4.63. The smallest absolute Gasteiger partial charge is 0.136 e. The zero-order chi connectivity index (χ0) is 14.5. The molecular weight excluding hydrogens is 323 g/mol. The second-order valence-corrected chi connectivity index (χ2v) is 5.48. The average molecular weight is 341 g/mol. The van der Waals surface area contributed by atoms with Crippen LogP contribution in [0.5, 0.6) is 5.75 Å². The van der Waals surface area contributed by atoms with E-state index in [0.717, 1.165) is 23.0 Å². The van der Waals surface area contributed by atoms with E-state index >= 15 is 0 Å². The second-order valence-electron chi connectivity index (χ2n) is 4.62. The Morgan fingerprint density at radius 3 is 2.75 bits per heavy atom. The predicted octanol–water partition coefficient (Wildman–Crippen LogP) is 4.72. The molecular formula is C15H18BrFN2O. The number of aromatic nitrogens is 2. The van der Waals surface area contributed by atoms with Crippen LogP contribution in [0.25, 0.3) is 0 Å². The number of nitrogens with zero attached hydrogens (tertiary/aromatic N) is 2. The Morgan fingerprint density at radius 1 is 1.30 bits per heavy atom. The van der Waals surface area contributed by atoms with Crippen LogP contribution in [0.4, 0.5) is 4.39 Å². The third-order valence-electron chi connectivity index (χ3n) is 3.25. The lowest BCUT2D eigenvalue weighted by molar-refractivity contribution is 0.294. The van der Waals surface area contributed by atoms with Crippen molar-refractivity contribution in [2.45, 2.75) is 39.3 Å². The van der Waals surface area contributed by atoms with Crippen LogP contribution in [0.15, 0.2) is 34.9 Å². The van der Waals surface area contributed by atoms with Crippen molar-refractivity contribution in [3.63, 3.8) is 0 Å². The van der Waals surface area contributed by atoms with E-state index in [1.54, 1.807) is 6.07 Å². The Hall–Kier alpha value is -1.36. The molecule has 1 heterocycles. The lowest BCUT2D eigenvalue weighted by Gasteiger charge is -2.12. The van der Waals surface area contributed by atoms with Crippen molar-refractivity contribution in [3.8, 4) is 5.75 Å². The second kappa shape index (κ2) is 6.88. The first-order valence-corrected chi connectivity index (χ1v) is 7.55. The van der Waals surface area contributed by atoms with E-state index in [1.165, 1.54) is 12.1 Å². The largest absolute Gasteiger partial charge is 0.486 e. The lowest BCUT2D eigenvalue weighted by atomic mass is 10.2. The van der Waals surface area contributed by atoms with E-state index in [0.29, 0.717) is 18.4 Å². The average Bonchev–Trinajstić information content (AvgIpc) is 2.90. The minimum absolute atomic E-state index is 0.314. The highest BCUT2D eigenvalue weighted by Gasteiger charge is 2.09. The normalized spacial score (nSPS) is 11.1. The van der Waals surface area contributed by atoms with Gasteiger partial charge in [-0.25, -0.2) is 4.39 Å². The summed E-state index contributed by atoms with van der Waals surface area (Å²) < 4.78 is 21.5. The van der Waals surface area contributed by atoms with Crippen molar-refractivity contribution in [3.05, 3.63) is 46.4 Å². The van der Waals surface area contributed by atoms with E-state index < -0.39 is 0 Å². The molecule has 2 rings (SSSR count). The van der Waals surface area contributed by atoms with Gasteiger partial charge in [0, 0.05) is 12.3 Å². The fourth-order valence-corrected chi connectivity index (χ4v) is 2.42. The van der Waals surface area contributed by atoms with E-state index in [2.05, 4.69) is 34.9 Å². The highest BCUT2D eigenvalue weighted by molar-refractivity contribution is 9.10. The highest BCUT2D eigenvalue weighted by atomic mass is 79.9. The summed E-state index contributed by atoms with van der Waals surface area (Å²) in [6.07, 6.45) is 4.07. The zero-order valence-corrected chi connectivity index (χ0v) is 13.2. The number of hydrogen-bond donors (Lipinski definition) is 0. The van der Waals surface area contributed by atoms with Crippen molar-refractivity contribution in [2.24, 2.45) is 0 Å². The number of halogens is 2. The molecule has 0 aliphatic rings. The van der Waals surface area contributed by atoms with Gasteiger partial charge in [0.25, 0.3) is 0 Å². The van der Waals surface area contributed by atoms with Crippen LogP contribution in [0.3, 0.4) is 0 Å². The summed E-state index contributed by atoms with van der Waals surface area (Å²) >= 11 is 3.34. The van der Waals surface area contributed by atoms with Gasteiger partial charge in [0.1, 0.15) is 18.2 Å². The summed E-state index contributed by atoms with van der Waals surface area (Å²) in [5, 5.41) is 4.50. The molecule has 0 aliphatic heterocycles. The van der Waals surface area contributed by atoms with Gasteiger partial charge in [-0.2, -0.15) is 5.10 Å². The van der Waals surface area contributed by atoms with Gasteiger partial charge in [-0.05, 0) is 47.0 Å². The van der Waals surface area contributed by atoms with Gasteiger partial charge in [0.05, 0.1) is 16.2 Å². The van der Waals surface area contributed by atoms with Crippen LogP contribution in [0, 0.1) is 5.82 Å². The molecule has 0 spiro atoms. The van der Waals surface area contributed by atoms with E-state index in [9.17, 15) is 4.39 Å². The fraction of sp³-hybridized carbons (Fsp3) is 0.400. The van der Waals surface area contributed by atoms with Crippen LogP contribution < -0.4 is 4.74 Å². The molecule has 1 aromatic heterocycles. The Kier molecular flexibility index (Phi) is 5.17. The van der Waals surface area contributed by atoms with Gasteiger partial charge < -0.3 is 4.74 Å². The van der Waals surface area contributed by atoms with Gasteiger partial charge in [-0.15, -0.1) is 0 Å². The summed E-state index contributed by atoms with van der Waals surface area (Å²) in [6, 6.07) is 6.74. The minimum Gasteiger partial charge on any atom is -0.486 e. The first-order chi connectivity index (χ1) is 9.63. The summed E-state index contributed by atoms with van der Waals surface area (Å²) in [5.74, 6) is 0.174. The van der Waals surface area contributed by atoms with Crippen LogP contribution in [-0.4, -0.2) is 9.78 Å². The van der Waals surface area contributed by atoms with Gasteiger partial charge in [0.2, 0.25) is 0 Å². The molecule has 20 heavy (non-hydrogen) atoms. The van der Waals surface area contributed by atoms with Gasteiger partial charge >= 0.3 is 0 Å². The molecule has 0 radical (unpaired) electrons. The first kappa shape index (κ1) is 15.0. The zero-order valence-electron chi connectivity index (χ0n) is 11.6. The number of hydrogen-bond acceptors (Lipinski definition) is 2. The van der Waals surface area contributed by atoms with Crippen LogP contribution >= 0.6 is 15.9 Å². The Bertz CT molecular complexity index is 567. The minimum atomic E-state index is -0.314. The maximum atomic E-state index is 13.2. The van der Waals surface area contributed by atoms with Gasteiger partial charge in [-0.1, -0.05) is 13.8 Å². The fourth-order valence-electron chi connectivity index (χ4n) is 2.06. The monoisotopic (exact) mass is 340 g/mol. The SMILES string of the molecule is CCC(CC)n1ccc(COc2cc(F)ccc2Br)n1.